The van der Waals surface area contributed by atoms with Gasteiger partial charge in [-0.1, -0.05) is 12.1 Å². The van der Waals surface area contributed by atoms with Crippen LogP contribution in [0.3, 0.4) is 0 Å². The van der Waals surface area contributed by atoms with Crippen molar-refractivity contribution < 1.29 is 18.1 Å². The average Bonchev–Trinajstić information content (AvgIpc) is 3.21. The summed E-state index contributed by atoms with van der Waals surface area (Å²) in [5.41, 5.74) is 1.37. The van der Waals surface area contributed by atoms with Crippen LogP contribution in [0.1, 0.15) is 22.2 Å². The molecule has 0 saturated heterocycles. The lowest BCUT2D eigenvalue weighted by atomic mass is 10.1. The van der Waals surface area contributed by atoms with E-state index in [2.05, 4.69) is 4.72 Å². The van der Waals surface area contributed by atoms with E-state index in [0.717, 1.165) is 9.75 Å². The second kappa shape index (κ2) is 9.02. The molecule has 9 heteroatoms. The highest BCUT2D eigenvalue weighted by Gasteiger charge is 2.15. The topological polar surface area (TPSA) is 106 Å². The van der Waals surface area contributed by atoms with Gasteiger partial charge in [-0.2, -0.15) is 0 Å². The number of anilines is 1. The Balaban J connectivity index is 1.73. The number of benzene rings is 2. The third-order valence-corrected chi connectivity index (χ3v) is 6.61. The minimum Gasteiger partial charge on any atom is -0.289 e. The Bertz CT molecular complexity index is 1210. The molecule has 0 saturated carbocycles. The molecule has 7 nitrogen and oxygen atoms in total. The van der Waals surface area contributed by atoms with Gasteiger partial charge in [0.05, 0.1) is 16.2 Å². The van der Waals surface area contributed by atoms with Crippen LogP contribution in [0.15, 0.2) is 66.7 Å². The maximum Gasteiger partial charge on any atom is 0.278 e. The Morgan fingerprint density at radius 3 is 2.47 bits per heavy atom. The molecule has 0 spiro atoms. The van der Waals surface area contributed by atoms with E-state index in [-0.39, 0.29) is 17.2 Å². The third-order valence-electron chi connectivity index (χ3n) is 4.21. The van der Waals surface area contributed by atoms with Crippen LogP contribution in [-0.2, 0) is 10.0 Å². The summed E-state index contributed by atoms with van der Waals surface area (Å²) in [6.07, 6.45) is 3.07. The van der Waals surface area contributed by atoms with Gasteiger partial charge in [0.2, 0.25) is 10.0 Å². The van der Waals surface area contributed by atoms with Crippen LogP contribution in [0, 0.1) is 10.1 Å². The van der Waals surface area contributed by atoms with Crippen molar-refractivity contribution in [2.24, 2.45) is 0 Å². The number of rotatable bonds is 8. The fourth-order valence-corrected chi connectivity index (χ4v) is 4.22. The molecule has 3 aromatic rings. The zero-order chi connectivity index (χ0) is 21.7. The van der Waals surface area contributed by atoms with Crippen LogP contribution in [0.5, 0.6) is 0 Å². The Labute approximate surface area is 177 Å². The lowest BCUT2D eigenvalue weighted by Gasteiger charge is -2.06. The van der Waals surface area contributed by atoms with E-state index in [0.29, 0.717) is 16.8 Å². The van der Waals surface area contributed by atoms with Crippen LogP contribution in [0.25, 0.3) is 16.5 Å². The molecule has 0 aliphatic carbocycles. The van der Waals surface area contributed by atoms with Crippen LogP contribution < -0.4 is 4.72 Å². The summed E-state index contributed by atoms with van der Waals surface area (Å²) in [4.78, 5) is 24.7. The van der Waals surface area contributed by atoms with Gasteiger partial charge in [-0.25, -0.2) is 8.42 Å². The summed E-state index contributed by atoms with van der Waals surface area (Å²) in [5, 5.41) is 11.2. The molecule has 0 aliphatic rings. The molecular weight excluding hydrogens is 424 g/mol. The zero-order valence-corrected chi connectivity index (χ0v) is 17.6. The molecule has 0 unspecified atom stereocenters. The average molecular weight is 443 g/mol. The smallest absolute Gasteiger partial charge is 0.278 e. The van der Waals surface area contributed by atoms with E-state index in [1.54, 1.807) is 48.5 Å². The van der Waals surface area contributed by atoms with Gasteiger partial charge in [-0.3, -0.25) is 19.6 Å². The van der Waals surface area contributed by atoms with E-state index >= 15 is 0 Å². The van der Waals surface area contributed by atoms with Crippen molar-refractivity contribution in [1.29, 1.82) is 0 Å². The molecule has 1 heterocycles. The highest BCUT2D eigenvalue weighted by atomic mass is 32.2. The first-order valence-electron chi connectivity index (χ1n) is 8.95. The fraction of sp³-hybridized carbons (Fsp3) is 0.0952. The molecule has 0 fully saturated rings. The number of carbonyl (C=O) groups excluding carboxylic acids is 1. The number of para-hydroxylation sites is 1. The maximum atomic E-state index is 12.4. The number of thiophene rings is 1. The maximum absolute atomic E-state index is 12.4. The Morgan fingerprint density at radius 1 is 1.10 bits per heavy atom. The quantitative estimate of drug-likeness (QED) is 0.229. The van der Waals surface area contributed by atoms with Crippen molar-refractivity contribution >= 4 is 44.6 Å². The first kappa shape index (κ1) is 21.4. The number of nitrogens with one attached hydrogen (secondary N) is 1. The summed E-state index contributed by atoms with van der Waals surface area (Å²) in [6.45, 7) is 1.54. The van der Waals surface area contributed by atoms with Gasteiger partial charge in [-0.15, -0.1) is 11.3 Å². The predicted octanol–water partition coefficient (Wildman–Crippen LogP) is 4.98. The molecule has 0 aliphatic heterocycles. The zero-order valence-electron chi connectivity index (χ0n) is 15.9. The van der Waals surface area contributed by atoms with Crippen LogP contribution in [0.2, 0.25) is 0 Å². The Kier molecular flexibility index (Phi) is 6.43. The number of hydrogen-bond acceptors (Lipinski definition) is 6. The molecule has 30 heavy (non-hydrogen) atoms. The number of sulfonamides is 1. The number of nitrogens with zero attached hydrogens (tertiary/aromatic N) is 1. The number of ketones is 1. The van der Waals surface area contributed by atoms with Crippen molar-refractivity contribution in [3.05, 3.63) is 87.3 Å². The monoisotopic (exact) mass is 442 g/mol. The van der Waals surface area contributed by atoms with Gasteiger partial charge >= 0.3 is 0 Å². The molecule has 0 amide bonds. The largest absolute Gasteiger partial charge is 0.289 e. The molecule has 1 N–H and O–H groups in total. The third kappa shape index (κ3) is 5.19. The lowest BCUT2D eigenvalue weighted by molar-refractivity contribution is -0.384. The van der Waals surface area contributed by atoms with Crippen molar-refractivity contribution in [2.45, 2.75) is 6.92 Å². The van der Waals surface area contributed by atoms with Crippen molar-refractivity contribution in [3.8, 4) is 10.4 Å². The molecular formula is C21H18N2O5S2. The first-order valence-corrected chi connectivity index (χ1v) is 11.4. The summed E-state index contributed by atoms with van der Waals surface area (Å²) in [6, 6.07) is 16.3. The highest BCUT2D eigenvalue weighted by molar-refractivity contribution is 7.92. The highest BCUT2D eigenvalue weighted by Crippen LogP contribution is 2.35. The summed E-state index contributed by atoms with van der Waals surface area (Å²) in [5.74, 6) is -0.272. The Hall–Kier alpha value is -3.30. The molecule has 0 bridgehead atoms. The SMILES string of the molecule is CCS(=O)(=O)Nc1ccc(C(=O)/C=C/c2ccc(-c3ccccc3[N+](=O)[O-])s2)cc1. The summed E-state index contributed by atoms with van der Waals surface area (Å²) < 4.78 is 25.6. The predicted molar refractivity (Wildman–Crippen MR) is 119 cm³/mol. The minimum atomic E-state index is -3.37. The molecule has 1 aromatic heterocycles. The fourth-order valence-electron chi connectivity index (χ4n) is 2.64. The molecule has 0 radical (unpaired) electrons. The van der Waals surface area contributed by atoms with E-state index in [1.807, 2.05) is 0 Å². The van der Waals surface area contributed by atoms with Crippen LogP contribution in [-0.4, -0.2) is 24.9 Å². The minimum absolute atomic E-state index is 0.0322. The van der Waals surface area contributed by atoms with E-state index in [1.165, 1.54) is 42.5 Å². The van der Waals surface area contributed by atoms with Crippen LogP contribution in [0.4, 0.5) is 11.4 Å². The van der Waals surface area contributed by atoms with Gasteiger partial charge in [0, 0.05) is 27.1 Å². The standard InChI is InChI=1S/C21H18N2O5S2/c1-2-30(27,28)22-16-9-7-15(8-10-16)20(24)13-11-17-12-14-21(29-17)18-5-3-4-6-19(18)23(25)26/h3-14,22H,2H2,1H3/b13-11+. The second-order valence-corrected chi connectivity index (χ2v) is 9.38. The van der Waals surface area contributed by atoms with E-state index in [4.69, 9.17) is 0 Å². The van der Waals surface area contributed by atoms with Gasteiger partial charge in [0.25, 0.3) is 5.69 Å². The molecule has 3 rings (SSSR count). The van der Waals surface area contributed by atoms with Gasteiger partial charge in [0.1, 0.15) is 0 Å². The van der Waals surface area contributed by atoms with Crippen molar-refractivity contribution in [2.75, 3.05) is 10.5 Å². The normalized spacial score (nSPS) is 11.5. The number of hydrogen-bond donors (Lipinski definition) is 1. The number of allylic oxidation sites excluding steroid dienone is 1. The second-order valence-electron chi connectivity index (χ2n) is 6.26. The van der Waals surface area contributed by atoms with Gasteiger partial charge < -0.3 is 0 Å². The molecule has 0 atom stereocenters. The first-order chi connectivity index (χ1) is 14.3. The summed E-state index contributed by atoms with van der Waals surface area (Å²) >= 11 is 1.35. The number of nitro groups is 1. The Morgan fingerprint density at radius 2 is 1.80 bits per heavy atom. The van der Waals surface area contributed by atoms with Crippen molar-refractivity contribution in [1.82, 2.24) is 0 Å². The lowest BCUT2D eigenvalue weighted by Crippen LogP contribution is -2.14. The van der Waals surface area contributed by atoms with Gasteiger partial charge in [0.15, 0.2) is 5.78 Å². The number of carbonyl (C=O) groups is 1. The van der Waals surface area contributed by atoms with Gasteiger partial charge in [-0.05, 0) is 61.5 Å². The van der Waals surface area contributed by atoms with Crippen molar-refractivity contribution in [3.63, 3.8) is 0 Å². The van der Waals surface area contributed by atoms with E-state index < -0.39 is 14.9 Å². The molecule has 154 valence electrons. The van der Waals surface area contributed by atoms with Crippen LogP contribution >= 0.6 is 11.3 Å². The molecule has 2 aromatic carbocycles. The number of nitro benzene ring substituents is 1. The summed E-state index contributed by atoms with van der Waals surface area (Å²) in [7, 11) is -3.37. The van der Waals surface area contributed by atoms with E-state index in [9.17, 15) is 23.3 Å².